The average molecular weight is 272 g/mol. The maximum atomic E-state index is 12.8. The van der Waals surface area contributed by atoms with Gasteiger partial charge in [0, 0.05) is 5.92 Å². The van der Waals surface area contributed by atoms with Crippen molar-refractivity contribution in [3.63, 3.8) is 0 Å². The first kappa shape index (κ1) is 13.8. The highest BCUT2D eigenvalue weighted by molar-refractivity contribution is 6.43. The molecule has 108 valence electrons. The van der Waals surface area contributed by atoms with Crippen molar-refractivity contribution in [1.29, 1.82) is 0 Å². The molecule has 0 heterocycles. The molecule has 0 saturated heterocycles. The van der Waals surface area contributed by atoms with Crippen LogP contribution in [0, 0.1) is 34.0 Å². The molecule has 0 amide bonds. The topological polar surface area (TPSA) is 34.1 Å². The Kier molecular flexibility index (Phi) is 2.43. The lowest BCUT2D eigenvalue weighted by atomic mass is 9.40. The molecule has 0 aromatic rings. The lowest BCUT2D eigenvalue weighted by Crippen LogP contribution is -2.65. The number of carbonyl (C=O) groups is 2. The number of carbonyl (C=O) groups excluding carboxylic acids is 2. The van der Waals surface area contributed by atoms with Crippen LogP contribution < -0.4 is 0 Å². The van der Waals surface area contributed by atoms with Crippen molar-refractivity contribution in [1.82, 2.24) is 0 Å². The van der Waals surface area contributed by atoms with Gasteiger partial charge in [-0.05, 0) is 16.7 Å². The Balaban J connectivity index is 2.30. The van der Waals surface area contributed by atoms with Crippen LogP contribution in [0.15, 0.2) is 23.8 Å². The van der Waals surface area contributed by atoms with Gasteiger partial charge in [0.05, 0.1) is 11.3 Å². The van der Waals surface area contributed by atoms with E-state index in [1.54, 1.807) is 0 Å². The van der Waals surface area contributed by atoms with Gasteiger partial charge in [-0.2, -0.15) is 0 Å². The van der Waals surface area contributed by atoms with Crippen LogP contribution in [0.25, 0.3) is 0 Å². The molecule has 2 bridgehead atoms. The third kappa shape index (κ3) is 1.35. The summed E-state index contributed by atoms with van der Waals surface area (Å²) in [4.78, 5) is 25.5. The van der Waals surface area contributed by atoms with E-state index in [1.165, 1.54) is 5.57 Å². The molecule has 0 aromatic carbocycles. The second-order valence-electron chi connectivity index (χ2n) is 8.63. The molecule has 4 rings (SSSR count). The van der Waals surface area contributed by atoms with Crippen LogP contribution in [-0.4, -0.2) is 11.6 Å². The molecule has 4 aliphatic carbocycles. The van der Waals surface area contributed by atoms with Gasteiger partial charge in [0.25, 0.3) is 0 Å². The van der Waals surface area contributed by atoms with Crippen LogP contribution in [0.1, 0.15) is 41.5 Å². The van der Waals surface area contributed by atoms with E-state index in [-0.39, 0.29) is 40.2 Å². The molecule has 4 atom stereocenters. The summed E-state index contributed by atoms with van der Waals surface area (Å²) < 4.78 is 0. The van der Waals surface area contributed by atoms with Gasteiger partial charge in [-0.15, -0.1) is 0 Å². The first-order valence-corrected chi connectivity index (χ1v) is 7.52. The SMILES string of the molecule is CC(C)(C)C1=C[C@]2(C(C)(C)C)C(=O)C(=O)[C@H]1[C@H]1C=C[C@H]12. The van der Waals surface area contributed by atoms with E-state index in [0.717, 1.165) is 0 Å². The molecule has 2 heteroatoms. The molecule has 0 aliphatic heterocycles. The highest BCUT2D eigenvalue weighted by Gasteiger charge is 2.67. The van der Waals surface area contributed by atoms with Crippen LogP contribution in [0.5, 0.6) is 0 Å². The largest absolute Gasteiger partial charge is 0.290 e. The first-order chi connectivity index (χ1) is 9.02. The van der Waals surface area contributed by atoms with Crippen molar-refractivity contribution in [2.75, 3.05) is 0 Å². The molecule has 0 unspecified atom stereocenters. The summed E-state index contributed by atoms with van der Waals surface area (Å²) in [7, 11) is 0. The van der Waals surface area contributed by atoms with Crippen LogP contribution in [-0.2, 0) is 9.59 Å². The van der Waals surface area contributed by atoms with E-state index >= 15 is 0 Å². The van der Waals surface area contributed by atoms with E-state index in [1.807, 2.05) is 0 Å². The minimum absolute atomic E-state index is 0.0636. The first-order valence-electron chi connectivity index (χ1n) is 7.52. The highest BCUT2D eigenvalue weighted by atomic mass is 16.2. The summed E-state index contributed by atoms with van der Waals surface area (Å²) in [6.45, 7) is 12.7. The van der Waals surface area contributed by atoms with Gasteiger partial charge in [-0.3, -0.25) is 9.59 Å². The molecular weight excluding hydrogens is 248 g/mol. The van der Waals surface area contributed by atoms with Crippen molar-refractivity contribution in [2.45, 2.75) is 41.5 Å². The summed E-state index contributed by atoms with van der Waals surface area (Å²) in [5.74, 6) is -0.0734. The minimum atomic E-state index is -0.638. The molecule has 0 N–H and O–H groups in total. The van der Waals surface area contributed by atoms with Gasteiger partial charge in [0.2, 0.25) is 11.6 Å². The zero-order chi connectivity index (χ0) is 15.1. The Hall–Kier alpha value is -1.18. The van der Waals surface area contributed by atoms with E-state index in [9.17, 15) is 9.59 Å². The molecule has 20 heavy (non-hydrogen) atoms. The van der Waals surface area contributed by atoms with Gasteiger partial charge >= 0.3 is 0 Å². The monoisotopic (exact) mass is 272 g/mol. The molecule has 0 aromatic heterocycles. The van der Waals surface area contributed by atoms with E-state index in [4.69, 9.17) is 0 Å². The minimum Gasteiger partial charge on any atom is -0.290 e. The highest BCUT2D eigenvalue weighted by Crippen LogP contribution is 2.65. The zero-order valence-electron chi connectivity index (χ0n) is 13.3. The van der Waals surface area contributed by atoms with Gasteiger partial charge in [0.1, 0.15) is 0 Å². The molecule has 1 fully saturated rings. The van der Waals surface area contributed by atoms with Gasteiger partial charge < -0.3 is 0 Å². The Morgan fingerprint density at radius 3 is 2.00 bits per heavy atom. The fourth-order valence-corrected chi connectivity index (χ4v) is 4.38. The normalized spacial score (nSPS) is 39.5. The van der Waals surface area contributed by atoms with E-state index in [0.29, 0.717) is 0 Å². The standard InChI is InChI=1S/C18H24O2/c1-16(2,3)12-9-18(17(4,5)6)11-8-7-10(11)13(12)14(19)15(18)20/h7-11,13H,1-6H3/t10-,11+,13-,18+/m0/s1. The molecule has 1 saturated carbocycles. The van der Waals surface area contributed by atoms with Gasteiger partial charge in [-0.25, -0.2) is 0 Å². The van der Waals surface area contributed by atoms with Crippen molar-refractivity contribution in [2.24, 2.45) is 34.0 Å². The third-order valence-corrected chi connectivity index (χ3v) is 5.57. The molecule has 4 aliphatic rings. The molecule has 2 nitrogen and oxygen atoms in total. The maximum Gasteiger partial charge on any atom is 0.210 e. The Bertz CT molecular complexity index is 565. The Morgan fingerprint density at radius 2 is 1.60 bits per heavy atom. The summed E-state index contributed by atoms with van der Waals surface area (Å²) in [5, 5.41) is 0. The Morgan fingerprint density at radius 1 is 1.00 bits per heavy atom. The number of rotatable bonds is 0. The second-order valence-corrected chi connectivity index (χ2v) is 8.63. The number of hydrogen-bond acceptors (Lipinski definition) is 2. The predicted octanol–water partition coefficient (Wildman–Crippen LogP) is 3.58. The van der Waals surface area contributed by atoms with Crippen molar-refractivity contribution in [3.05, 3.63) is 23.8 Å². The number of ketones is 2. The van der Waals surface area contributed by atoms with Crippen LogP contribution in [0.3, 0.4) is 0 Å². The predicted molar refractivity (Wildman–Crippen MR) is 79.1 cm³/mol. The Labute approximate surface area is 121 Å². The zero-order valence-corrected chi connectivity index (χ0v) is 13.3. The van der Waals surface area contributed by atoms with Crippen molar-refractivity contribution >= 4 is 11.6 Å². The third-order valence-electron chi connectivity index (χ3n) is 5.57. The average Bonchev–Trinajstić information content (AvgIpc) is 2.22. The van der Waals surface area contributed by atoms with Crippen LogP contribution in [0.4, 0.5) is 0 Å². The fourth-order valence-electron chi connectivity index (χ4n) is 4.38. The van der Waals surface area contributed by atoms with Crippen LogP contribution >= 0.6 is 0 Å². The lowest BCUT2D eigenvalue weighted by Gasteiger charge is -2.61. The van der Waals surface area contributed by atoms with Crippen molar-refractivity contribution in [3.8, 4) is 0 Å². The van der Waals surface area contributed by atoms with Gasteiger partial charge in [-0.1, -0.05) is 65.3 Å². The summed E-state index contributed by atoms with van der Waals surface area (Å²) in [6, 6.07) is 0. The summed E-state index contributed by atoms with van der Waals surface area (Å²) >= 11 is 0. The number of hydrogen-bond donors (Lipinski definition) is 0. The number of Topliss-reactive ketones (excluding diaryl/α,β-unsaturated/α-hetero) is 2. The smallest absolute Gasteiger partial charge is 0.210 e. The quantitative estimate of drug-likeness (QED) is 0.499. The summed E-state index contributed by atoms with van der Waals surface area (Å²) in [5.41, 5.74) is 0.227. The van der Waals surface area contributed by atoms with E-state index in [2.05, 4.69) is 59.8 Å². The van der Waals surface area contributed by atoms with Gasteiger partial charge in [0.15, 0.2) is 0 Å². The molecular formula is C18H24O2. The van der Waals surface area contributed by atoms with E-state index < -0.39 is 5.41 Å². The van der Waals surface area contributed by atoms with Crippen LogP contribution in [0.2, 0.25) is 0 Å². The number of allylic oxidation sites excluding steroid dienone is 4. The second kappa shape index (κ2) is 3.52. The fraction of sp³-hybridized carbons (Fsp3) is 0.667. The summed E-state index contributed by atoms with van der Waals surface area (Å²) in [6.07, 6.45) is 6.45. The number of fused-ring (bicyclic) bond motifs is 1. The lowest BCUT2D eigenvalue weighted by molar-refractivity contribution is -0.158. The molecule has 0 radical (unpaired) electrons. The maximum absolute atomic E-state index is 12.8. The molecule has 0 spiro atoms. The van der Waals surface area contributed by atoms with Crippen molar-refractivity contribution < 1.29 is 9.59 Å².